The Balaban J connectivity index is 2.07. The van der Waals surface area contributed by atoms with Gasteiger partial charge in [0, 0.05) is 4.88 Å². The van der Waals surface area contributed by atoms with Crippen LogP contribution in [-0.4, -0.2) is 0 Å². The van der Waals surface area contributed by atoms with Crippen molar-refractivity contribution in [3.05, 3.63) is 56.7 Å². The third-order valence-electron chi connectivity index (χ3n) is 2.44. The van der Waals surface area contributed by atoms with Gasteiger partial charge in [-0.05, 0) is 31.0 Å². The average molecular weight is 316 g/mol. The summed E-state index contributed by atoms with van der Waals surface area (Å²) in [5, 5.41) is 0. The van der Waals surface area contributed by atoms with Crippen molar-refractivity contribution in [2.75, 3.05) is 0 Å². The van der Waals surface area contributed by atoms with Crippen molar-refractivity contribution in [1.82, 2.24) is 0 Å². The monoisotopic (exact) mass is 314 g/mol. The molecule has 0 fully saturated rings. The molecule has 2 rings (SSSR count). The maximum atomic E-state index is 5.93. The van der Waals surface area contributed by atoms with Crippen molar-refractivity contribution in [1.29, 1.82) is 0 Å². The maximum absolute atomic E-state index is 5.93. The smallest absolute Gasteiger partial charge is 0.0931 e. The zero-order valence-electron chi connectivity index (χ0n) is 8.91. The number of halogens is 2. The summed E-state index contributed by atoms with van der Waals surface area (Å²) in [5.74, 6) is 0. The molecule has 1 heterocycles. The Kier molecular flexibility index (Phi) is 4.06. The van der Waals surface area contributed by atoms with Gasteiger partial charge in [-0.25, -0.2) is 0 Å². The number of aryl methyl sites for hydroxylation is 1. The van der Waals surface area contributed by atoms with E-state index in [1.165, 1.54) is 16.0 Å². The lowest BCUT2D eigenvalue weighted by Gasteiger charge is -2.07. The van der Waals surface area contributed by atoms with Gasteiger partial charge >= 0.3 is 0 Å². The number of alkyl halides is 1. The molecule has 1 aromatic carbocycles. The summed E-state index contributed by atoms with van der Waals surface area (Å²) >= 11 is 11.3. The van der Waals surface area contributed by atoms with Crippen LogP contribution in [0.4, 0.5) is 0 Å². The fraction of sp³-hybridized carbons (Fsp3) is 0.231. The first-order valence-corrected chi connectivity index (χ1v) is 7.21. The molecule has 16 heavy (non-hydrogen) atoms. The lowest BCUT2D eigenvalue weighted by Crippen LogP contribution is -1.92. The molecule has 0 nitrogen and oxygen atoms in total. The zero-order valence-corrected chi connectivity index (χ0v) is 12.1. The Morgan fingerprint density at radius 3 is 2.44 bits per heavy atom. The predicted molar refractivity (Wildman–Crippen MR) is 75.9 cm³/mol. The number of benzene rings is 1. The van der Waals surface area contributed by atoms with Gasteiger partial charge in [0.2, 0.25) is 0 Å². The molecule has 84 valence electrons. The molecule has 0 spiro atoms. The van der Waals surface area contributed by atoms with Crippen molar-refractivity contribution in [2.45, 2.75) is 18.2 Å². The van der Waals surface area contributed by atoms with Gasteiger partial charge in [-0.3, -0.25) is 0 Å². The van der Waals surface area contributed by atoms with Crippen LogP contribution in [0, 0.1) is 6.92 Å². The molecule has 1 unspecified atom stereocenters. The van der Waals surface area contributed by atoms with Gasteiger partial charge in [0.1, 0.15) is 0 Å². The molecule has 0 amide bonds. The molecule has 0 aliphatic carbocycles. The molecule has 0 aliphatic rings. The normalized spacial score (nSPS) is 12.7. The molecule has 0 saturated heterocycles. The second-order valence-corrected chi connectivity index (χ2v) is 6.65. The van der Waals surface area contributed by atoms with Crippen LogP contribution < -0.4 is 0 Å². The average Bonchev–Trinajstić information content (AvgIpc) is 2.68. The predicted octanol–water partition coefficient (Wildman–Crippen LogP) is 5.39. The van der Waals surface area contributed by atoms with Crippen molar-refractivity contribution in [2.24, 2.45) is 0 Å². The van der Waals surface area contributed by atoms with Crippen LogP contribution in [0.5, 0.6) is 0 Å². The van der Waals surface area contributed by atoms with Crippen LogP contribution in [0.15, 0.2) is 36.4 Å². The number of thiophene rings is 1. The van der Waals surface area contributed by atoms with Gasteiger partial charge in [0.15, 0.2) is 0 Å². The van der Waals surface area contributed by atoms with E-state index < -0.39 is 0 Å². The van der Waals surface area contributed by atoms with Crippen molar-refractivity contribution in [3.63, 3.8) is 0 Å². The van der Waals surface area contributed by atoms with E-state index >= 15 is 0 Å². The van der Waals surface area contributed by atoms with E-state index in [1.54, 1.807) is 11.3 Å². The van der Waals surface area contributed by atoms with E-state index in [9.17, 15) is 0 Å². The van der Waals surface area contributed by atoms with Crippen LogP contribution in [0.1, 0.15) is 20.8 Å². The topological polar surface area (TPSA) is 0 Å². The van der Waals surface area contributed by atoms with E-state index in [-0.39, 0.29) is 0 Å². The van der Waals surface area contributed by atoms with Crippen LogP contribution in [0.25, 0.3) is 0 Å². The van der Waals surface area contributed by atoms with E-state index in [0.29, 0.717) is 4.83 Å². The Hall–Kier alpha value is -0.310. The molecular formula is C13H12BrClS. The molecular weight excluding hydrogens is 304 g/mol. The van der Waals surface area contributed by atoms with Crippen molar-refractivity contribution >= 4 is 38.9 Å². The van der Waals surface area contributed by atoms with Crippen LogP contribution >= 0.6 is 38.9 Å². The van der Waals surface area contributed by atoms with Crippen LogP contribution in [0.3, 0.4) is 0 Å². The summed E-state index contributed by atoms with van der Waals surface area (Å²) in [7, 11) is 0. The Morgan fingerprint density at radius 2 is 1.88 bits per heavy atom. The van der Waals surface area contributed by atoms with Crippen molar-refractivity contribution < 1.29 is 0 Å². The molecule has 1 aromatic heterocycles. The lowest BCUT2D eigenvalue weighted by molar-refractivity contribution is 0.968. The number of hydrogen-bond donors (Lipinski definition) is 0. The van der Waals surface area contributed by atoms with Gasteiger partial charge in [0.05, 0.1) is 9.16 Å². The molecule has 2 aromatic rings. The highest BCUT2D eigenvalue weighted by molar-refractivity contribution is 9.09. The van der Waals surface area contributed by atoms with Gasteiger partial charge in [-0.2, -0.15) is 0 Å². The summed E-state index contributed by atoms with van der Waals surface area (Å²) in [4.78, 5) is 1.64. The Morgan fingerprint density at radius 1 is 1.19 bits per heavy atom. The minimum Gasteiger partial charge on any atom is -0.127 e. The van der Waals surface area contributed by atoms with E-state index in [1.807, 2.05) is 6.07 Å². The molecule has 0 radical (unpaired) electrons. The molecule has 1 atom stereocenters. The molecule has 0 saturated carbocycles. The molecule has 0 bridgehead atoms. The van der Waals surface area contributed by atoms with E-state index in [4.69, 9.17) is 11.6 Å². The SMILES string of the molecule is Cc1ccc(CC(Br)c2ccc(Cl)s2)cc1. The first kappa shape index (κ1) is 12.2. The highest BCUT2D eigenvalue weighted by atomic mass is 79.9. The second kappa shape index (κ2) is 5.35. The second-order valence-electron chi connectivity index (χ2n) is 3.80. The fourth-order valence-electron chi connectivity index (χ4n) is 1.53. The summed E-state index contributed by atoms with van der Waals surface area (Å²) < 4.78 is 0.850. The first-order chi connectivity index (χ1) is 7.65. The van der Waals surface area contributed by atoms with Gasteiger partial charge in [-0.15, -0.1) is 11.3 Å². The molecule has 0 aliphatic heterocycles. The molecule has 3 heteroatoms. The summed E-state index contributed by atoms with van der Waals surface area (Å²) in [6.07, 6.45) is 0.997. The highest BCUT2D eigenvalue weighted by Gasteiger charge is 2.10. The minimum atomic E-state index is 0.354. The third kappa shape index (κ3) is 3.09. The quantitative estimate of drug-likeness (QED) is 0.666. The largest absolute Gasteiger partial charge is 0.127 e. The van der Waals surface area contributed by atoms with E-state index in [2.05, 4.69) is 53.2 Å². The lowest BCUT2D eigenvalue weighted by atomic mass is 10.1. The zero-order chi connectivity index (χ0) is 11.5. The summed E-state index contributed by atoms with van der Waals surface area (Å²) in [5.41, 5.74) is 2.64. The summed E-state index contributed by atoms with van der Waals surface area (Å²) in [6.45, 7) is 2.11. The number of hydrogen-bond acceptors (Lipinski definition) is 1. The van der Waals surface area contributed by atoms with Crippen LogP contribution in [-0.2, 0) is 6.42 Å². The van der Waals surface area contributed by atoms with E-state index in [0.717, 1.165) is 10.8 Å². The Bertz CT molecular complexity index is 461. The third-order valence-corrected chi connectivity index (χ3v) is 4.90. The maximum Gasteiger partial charge on any atom is 0.0931 e. The van der Waals surface area contributed by atoms with Crippen LogP contribution in [0.2, 0.25) is 4.34 Å². The minimum absolute atomic E-state index is 0.354. The Labute approximate surface area is 113 Å². The fourth-order valence-corrected chi connectivity index (χ4v) is 3.37. The highest BCUT2D eigenvalue weighted by Crippen LogP contribution is 2.34. The standard InChI is InChI=1S/C13H12BrClS/c1-9-2-4-10(5-3-9)8-11(14)12-6-7-13(15)16-12/h2-7,11H,8H2,1H3. The van der Waals surface area contributed by atoms with Gasteiger partial charge < -0.3 is 0 Å². The van der Waals surface area contributed by atoms with Gasteiger partial charge in [0.25, 0.3) is 0 Å². The number of rotatable bonds is 3. The van der Waals surface area contributed by atoms with Crippen molar-refractivity contribution in [3.8, 4) is 0 Å². The summed E-state index contributed by atoms with van der Waals surface area (Å²) in [6, 6.07) is 12.7. The van der Waals surface area contributed by atoms with Gasteiger partial charge in [-0.1, -0.05) is 57.4 Å². The first-order valence-electron chi connectivity index (χ1n) is 5.10. The molecule has 0 N–H and O–H groups in total.